The van der Waals surface area contributed by atoms with E-state index >= 15 is 0 Å². The Balaban J connectivity index is 1.83. The van der Waals surface area contributed by atoms with Crippen molar-refractivity contribution in [2.24, 2.45) is 0 Å². The Labute approximate surface area is 104 Å². The zero-order valence-electron chi connectivity index (χ0n) is 10.0. The van der Waals surface area contributed by atoms with Crippen molar-refractivity contribution < 1.29 is 19.2 Å². The van der Waals surface area contributed by atoms with Crippen LogP contribution in [-0.4, -0.2) is 34.2 Å². The first-order valence-corrected chi connectivity index (χ1v) is 5.73. The lowest BCUT2D eigenvalue weighted by Gasteiger charge is -2.38. The summed E-state index contributed by atoms with van der Waals surface area (Å²) in [6.07, 6.45) is 1.97. The molecule has 1 heterocycles. The van der Waals surface area contributed by atoms with Gasteiger partial charge in [-0.25, -0.2) is 0 Å². The van der Waals surface area contributed by atoms with E-state index in [2.05, 4.69) is 15.8 Å². The molecule has 3 N–H and O–H groups in total. The molecular formula is C11H15N3O4. The largest absolute Gasteiger partial charge is 0.480 e. The van der Waals surface area contributed by atoms with Crippen molar-refractivity contribution in [3.05, 3.63) is 11.8 Å². The summed E-state index contributed by atoms with van der Waals surface area (Å²) in [5.74, 6) is -0.993. The molecule has 7 heteroatoms. The highest BCUT2D eigenvalue weighted by atomic mass is 16.5. The van der Waals surface area contributed by atoms with E-state index in [4.69, 9.17) is 9.63 Å². The molecule has 1 aromatic heterocycles. The van der Waals surface area contributed by atoms with Crippen molar-refractivity contribution in [1.29, 1.82) is 0 Å². The van der Waals surface area contributed by atoms with Crippen LogP contribution in [0.1, 0.15) is 25.0 Å². The number of carbonyl (C=O) groups excluding carboxylic acids is 1. The summed E-state index contributed by atoms with van der Waals surface area (Å²) in [7, 11) is 0. The Kier molecular flexibility index (Phi) is 3.33. The average Bonchev–Trinajstić information content (AvgIpc) is 2.61. The van der Waals surface area contributed by atoms with Crippen LogP contribution in [0.3, 0.4) is 0 Å². The molecular weight excluding hydrogens is 238 g/mol. The summed E-state index contributed by atoms with van der Waals surface area (Å²) < 4.78 is 4.83. The Bertz CT molecular complexity index is 465. The molecule has 0 radical (unpaired) electrons. The minimum atomic E-state index is -0.936. The fourth-order valence-corrected chi connectivity index (χ4v) is 1.85. The van der Waals surface area contributed by atoms with Gasteiger partial charge in [0.1, 0.15) is 5.54 Å². The minimum Gasteiger partial charge on any atom is -0.480 e. The highest BCUT2D eigenvalue weighted by Crippen LogP contribution is 2.31. The summed E-state index contributed by atoms with van der Waals surface area (Å²) in [6.45, 7) is 1.68. The van der Waals surface area contributed by atoms with Crippen LogP contribution in [0.5, 0.6) is 0 Å². The van der Waals surface area contributed by atoms with Gasteiger partial charge in [-0.05, 0) is 26.2 Å². The fourth-order valence-electron chi connectivity index (χ4n) is 1.85. The number of amides is 1. The van der Waals surface area contributed by atoms with Crippen LogP contribution < -0.4 is 10.6 Å². The quantitative estimate of drug-likeness (QED) is 0.706. The molecule has 7 nitrogen and oxygen atoms in total. The first kappa shape index (κ1) is 12.6. The number of carboxylic acid groups (broad SMARTS) is 1. The van der Waals surface area contributed by atoms with Gasteiger partial charge in [-0.2, -0.15) is 0 Å². The second kappa shape index (κ2) is 4.77. The number of hydrogen-bond acceptors (Lipinski definition) is 5. The lowest BCUT2D eigenvalue weighted by Crippen LogP contribution is -2.58. The predicted octanol–water partition coefficient (Wildman–Crippen LogP) is 0.518. The number of aryl methyl sites for hydroxylation is 1. The van der Waals surface area contributed by atoms with Gasteiger partial charge in [-0.3, -0.25) is 20.2 Å². The standard InChI is InChI=1S/C11H15N3O4/c1-7-5-9(18-14-7)13-8(15)6-12-11(10(16)17)3-2-4-11/h5,12H,2-4,6H2,1H3,(H,13,15)(H,16,17). The van der Waals surface area contributed by atoms with E-state index in [1.807, 2.05) is 0 Å². The van der Waals surface area contributed by atoms with Crippen LogP contribution in [0.25, 0.3) is 0 Å². The summed E-state index contributed by atoms with van der Waals surface area (Å²) in [5, 5.41) is 18.0. The van der Waals surface area contributed by atoms with E-state index in [0.29, 0.717) is 18.5 Å². The Morgan fingerprint density at radius 2 is 2.28 bits per heavy atom. The first-order valence-electron chi connectivity index (χ1n) is 5.73. The molecule has 2 rings (SSSR count). The number of rotatable bonds is 5. The summed E-state index contributed by atoms with van der Waals surface area (Å²) in [5.41, 5.74) is -0.270. The summed E-state index contributed by atoms with van der Waals surface area (Å²) in [6, 6.07) is 1.59. The zero-order chi connectivity index (χ0) is 13.2. The van der Waals surface area contributed by atoms with Gasteiger partial charge in [0.15, 0.2) is 0 Å². The van der Waals surface area contributed by atoms with Gasteiger partial charge >= 0.3 is 5.97 Å². The SMILES string of the molecule is Cc1cc(NC(=O)CNC2(C(=O)O)CCC2)on1. The van der Waals surface area contributed by atoms with Crippen molar-refractivity contribution >= 4 is 17.8 Å². The van der Waals surface area contributed by atoms with Gasteiger partial charge in [0.05, 0.1) is 12.2 Å². The second-order valence-electron chi connectivity index (χ2n) is 4.48. The number of aromatic nitrogens is 1. The van der Waals surface area contributed by atoms with E-state index in [-0.39, 0.29) is 18.3 Å². The number of carboxylic acids is 1. The molecule has 18 heavy (non-hydrogen) atoms. The Hall–Kier alpha value is -1.89. The minimum absolute atomic E-state index is 0.0634. The van der Waals surface area contributed by atoms with Gasteiger partial charge in [-0.1, -0.05) is 5.16 Å². The summed E-state index contributed by atoms with van der Waals surface area (Å²) in [4.78, 5) is 22.6. The molecule has 1 aromatic rings. The zero-order valence-corrected chi connectivity index (χ0v) is 10.0. The number of carbonyl (C=O) groups is 2. The fraction of sp³-hybridized carbons (Fsp3) is 0.545. The normalized spacial score (nSPS) is 16.9. The Morgan fingerprint density at radius 3 is 2.72 bits per heavy atom. The number of anilines is 1. The van der Waals surface area contributed by atoms with Gasteiger partial charge in [-0.15, -0.1) is 0 Å². The van der Waals surface area contributed by atoms with Crippen LogP contribution in [0.4, 0.5) is 5.88 Å². The van der Waals surface area contributed by atoms with E-state index in [1.54, 1.807) is 13.0 Å². The maximum absolute atomic E-state index is 11.6. The molecule has 1 saturated carbocycles. The van der Waals surface area contributed by atoms with Gasteiger partial charge in [0.2, 0.25) is 11.8 Å². The molecule has 0 spiro atoms. The van der Waals surface area contributed by atoms with E-state index in [9.17, 15) is 9.59 Å². The van der Waals surface area contributed by atoms with Crippen LogP contribution in [0, 0.1) is 6.92 Å². The van der Waals surface area contributed by atoms with Crippen LogP contribution >= 0.6 is 0 Å². The molecule has 0 aliphatic heterocycles. The predicted molar refractivity (Wildman–Crippen MR) is 62.1 cm³/mol. The summed E-state index contributed by atoms with van der Waals surface area (Å²) >= 11 is 0. The topological polar surface area (TPSA) is 104 Å². The van der Waals surface area contributed by atoms with Gasteiger partial charge in [0, 0.05) is 6.07 Å². The molecule has 0 atom stereocenters. The van der Waals surface area contributed by atoms with Crippen molar-refractivity contribution in [3.8, 4) is 0 Å². The molecule has 1 aliphatic carbocycles. The number of aliphatic carboxylic acids is 1. The van der Waals surface area contributed by atoms with Crippen LogP contribution in [0.15, 0.2) is 10.6 Å². The lowest BCUT2D eigenvalue weighted by atomic mass is 9.77. The third-order valence-electron chi connectivity index (χ3n) is 3.09. The highest BCUT2D eigenvalue weighted by Gasteiger charge is 2.44. The smallest absolute Gasteiger partial charge is 0.323 e. The monoisotopic (exact) mass is 253 g/mol. The third kappa shape index (κ3) is 2.51. The van der Waals surface area contributed by atoms with Crippen molar-refractivity contribution in [2.75, 3.05) is 11.9 Å². The van der Waals surface area contributed by atoms with E-state index in [1.165, 1.54) is 0 Å². The maximum atomic E-state index is 11.6. The molecule has 98 valence electrons. The first-order chi connectivity index (χ1) is 8.52. The number of nitrogens with zero attached hydrogens (tertiary/aromatic N) is 1. The van der Waals surface area contributed by atoms with Crippen molar-refractivity contribution in [2.45, 2.75) is 31.7 Å². The molecule has 1 fully saturated rings. The second-order valence-corrected chi connectivity index (χ2v) is 4.48. The van der Waals surface area contributed by atoms with Gasteiger partial charge in [0.25, 0.3) is 0 Å². The van der Waals surface area contributed by atoms with E-state index < -0.39 is 11.5 Å². The van der Waals surface area contributed by atoms with E-state index in [0.717, 1.165) is 6.42 Å². The molecule has 0 bridgehead atoms. The third-order valence-corrected chi connectivity index (χ3v) is 3.09. The van der Waals surface area contributed by atoms with Crippen molar-refractivity contribution in [3.63, 3.8) is 0 Å². The molecule has 0 saturated heterocycles. The van der Waals surface area contributed by atoms with Crippen molar-refractivity contribution in [1.82, 2.24) is 10.5 Å². The number of hydrogen-bond donors (Lipinski definition) is 3. The average molecular weight is 253 g/mol. The van der Waals surface area contributed by atoms with Gasteiger partial charge < -0.3 is 9.63 Å². The molecule has 0 aromatic carbocycles. The molecule has 1 aliphatic rings. The molecule has 0 unspecified atom stereocenters. The highest BCUT2D eigenvalue weighted by molar-refractivity contribution is 5.91. The van der Waals surface area contributed by atoms with Crippen LogP contribution in [-0.2, 0) is 9.59 Å². The number of nitrogens with one attached hydrogen (secondary N) is 2. The van der Waals surface area contributed by atoms with Crippen LogP contribution in [0.2, 0.25) is 0 Å². The molecule has 1 amide bonds. The Morgan fingerprint density at radius 1 is 1.56 bits per heavy atom. The maximum Gasteiger partial charge on any atom is 0.323 e. The lowest BCUT2D eigenvalue weighted by molar-refractivity contribution is -0.148.